The Morgan fingerprint density at radius 3 is 2.50 bits per heavy atom. The third-order valence-electron chi connectivity index (χ3n) is 11.1. The number of ether oxygens (including phenoxy) is 1. The second-order valence-electron chi connectivity index (χ2n) is 12.6. The minimum Gasteiger partial charge on any atom is -0.377 e. The molecule has 1 N–H and O–H groups in total. The molecule has 2 nitrogen and oxygen atoms in total. The summed E-state index contributed by atoms with van der Waals surface area (Å²) in [7, 11) is 0. The fourth-order valence-electron chi connectivity index (χ4n) is 9.31. The van der Waals surface area contributed by atoms with Gasteiger partial charge in [-0.25, -0.2) is 0 Å². The van der Waals surface area contributed by atoms with Crippen LogP contribution in [0.2, 0.25) is 0 Å². The molecule has 6 heterocycles. The second kappa shape index (κ2) is 7.85. The van der Waals surface area contributed by atoms with Crippen molar-refractivity contribution in [3.8, 4) is 0 Å². The number of fused-ring (bicyclic) bond motifs is 6. The Morgan fingerprint density at radius 1 is 0.778 bits per heavy atom. The minimum atomic E-state index is 0.348. The van der Waals surface area contributed by atoms with E-state index in [2.05, 4.69) is 77.8 Å². The average molecular weight is 494 g/mol. The summed E-state index contributed by atoms with van der Waals surface area (Å²) in [4.78, 5) is 0. The van der Waals surface area contributed by atoms with Gasteiger partial charge in [0.05, 0.1) is 12.7 Å². The zero-order valence-electron chi connectivity index (χ0n) is 20.8. The first-order valence-electron chi connectivity index (χ1n) is 14.4. The van der Waals surface area contributed by atoms with Crippen molar-refractivity contribution in [3.05, 3.63) is 94.1 Å². The largest absolute Gasteiger partial charge is 0.377 e. The number of nitrogens with one attached hydrogen (secondary N) is 1. The highest BCUT2D eigenvalue weighted by molar-refractivity contribution is 7.99. The van der Waals surface area contributed by atoms with E-state index in [0.717, 1.165) is 12.5 Å². The normalized spacial score (nSPS) is 42.8. The molecule has 5 fully saturated rings. The first-order chi connectivity index (χ1) is 17.8. The van der Waals surface area contributed by atoms with Gasteiger partial charge in [-0.15, -0.1) is 0 Å². The van der Waals surface area contributed by atoms with Gasteiger partial charge in [-0.05, 0) is 82.7 Å². The number of hydrogen-bond acceptors (Lipinski definition) is 3. The summed E-state index contributed by atoms with van der Waals surface area (Å²) < 4.78 is 6.47. The predicted octanol–water partition coefficient (Wildman–Crippen LogP) is 7.13. The monoisotopic (exact) mass is 493 g/mol. The van der Waals surface area contributed by atoms with Gasteiger partial charge in [0.2, 0.25) is 0 Å². The smallest absolute Gasteiger partial charge is 0.0712 e. The molecule has 1 saturated carbocycles. The zero-order valence-corrected chi connectivity index (χ0v) is 21.6. The van der Waals surface area contributed by atoms with Crippen LogP contribution >= 0.6 is 11.8 Å². The van der Waals surface area contributed by atoms with E-state index in [1.54, 1.807) is 33.4 Å². The second-order valence-corrected chi connectivity index (χ2v) is 13.8. The summed E-state index contributed by atoms with van der Waals surface area (Å²) in [6.45, 7) is 2.13. The van der Waals surface area contributed by atoms with E-state index in [1.807, 2.05) is 0 Å². The van der Waals surface area contributed by atoms with Crippen LogP contribution in [0.3, 0.4) is 0 Å². The summed E-state index contributed by atoms with van der Waals surface area (Å²) in [5, 5.41) is 4.40. The lowest BCUT2D eigenvalue weighted by Gasteiger charge is -2.52. The highest BCUT2D eigenvalue weighted by Crippen LogP contribution is 2.60. The molecule has 4 aliphatic carbocycles. The van der Waals surface area contributed by atoms with Gasteiger partial charge in [-0.3, -0.25) is 0 Å². The van der Waals surface area contributed by atoms with E-state index in [-0.39, 0.29) is 0 Å². The van der Waals surface area contributed by atoms with Crippen molar-refractivity contribution in [2.24, 2.45) is 17.8 Å². The summed E-state index contributed by atoms with van der Waals surface area (Å²) in [6.07, 6.45) is 15.0. The Morgan fingerprint density at radius 2 is 1.61 bits per heavy atom. The van der Waals surface area contributed by atoms with Crippen LogP contribution in [0.15, 0.2) is 60.7 Å². The number of rotatable bonds is 2. The van der Waals surface area contributed by atoms with E-state index in [9.17, 15) is 0 Å². The fourth-order valence-corrected chi connectivity index (χ4v) is 10.9. The molecule has 3 heteroatoms. The Balaban J connectivity index is 1.04. The van der Waals surface area contributed by atoms with Crippen molar-refractivity contribution in [2.45, 2.75) is 66.8 Å². The van der Waals surface area contributed by atoms with Crippen LogP contribution in [-0.2, 0) is 4.74 Å². The number of hydrogen-bond donors (Lipinski definition) is 1. The van der Waals surface area contributed by atoms with Gasteiger partial charge in [0.1, 0.15) is 0 Å². The summed E-state index contributed by atoms with van der Waals surface area (Å²) >= 11 is 2.22. The van der Waals surface area contributed by atoms with Crippen molar-refractivity contribution in [1.29, 1.82) is 0 Å². The first-order valence-corrected chi connectivity index (χ1v) is 15.5. The molecule has 10 unspecified atom stereocenters. The van der Waals surface area contributed by atoms with E-state index < -0.39 is 0 Å². The van der Waals surface area contributed by atoms with Gasteiger partial charge in [0.25, 0.3) is 0 Å². The van der Waals surface area contributed by atoms with E-state index in [4.69, 9.17) is 4.74 Å². The standard InChI is InChI=1S/C33H35NOS/c1-2-4-25-22(3-1)21-13-28(33(25)35-16-21)19-5-8-23-29(12-19)32-14-27(30(23)17-36-32)18-6-9-24-26(11-18)20-7-10-31(24)34-15-20/h1-6,8-9,11-12,20-22,25,27-28,30-34H,7,10,13-17H2. The molecule has 36 heavy (non-hydrogen) atoms. The molecule has 6 bridgehead atoms. The van der Waals surface area contributed by atoms with Gasteiger partial charge in [0.15, 0.2) is 0 Å². The fraction of sp³-hybridized carbons (Fsp3) is 0.515. The van der Waals surface area contributed by atoms with Crippen molar-refractivity contribution >= 4 is 11.8 Å². The van der Waals surface area contributed by atoms with Crippen LogP contribution < -0.4 is 5.32 Å². The number of allylic oxidation sites excluding steroid dienone is 3. The molecular weight excluding hydrogens is 458 g/mol. The van der Waals surface area contributed by atoms with Crippen LogP contribution in [-0.4, -0.2) is 25.0 Å². The van der Waals surface area contributed by atoms with Crippen LogP contribution in [0.5, 0.6) is 0 Å². The molecule has 184 valence electrons. The van der Waals surface area contributed by atoms with Crippen molar-refractivity contribution in [1.82, 2.24) is 5.32 Å². The molecular formula is C33H35NOS. The summed E-state index contributed by atoms with van der Waals surface area (Å²) in [6, 6.07) is 15.9. The molecule has 10 atom stereocenters. The molecule has 10 aliphatic rings. The molecule has 0 aromatic heterocycles. The summed E-state index contributed by atoms with van der Waals surface area (Å²) in [5.41, 5.74) is 9.74. The molecule has 0 amide bonds. The highest BCUT2D eigenvalue weighted by atomic mass is 32.2. The first kappa shape index (κ1) is 21.2. The van der Waals surface area contributed by atoms with Crippen molar-refractivity contribution in [2.75, 3.05) is 18.9 Å². The molecule has 0 spiro atoms. The quantitative estimate of drug-likeness (QED) is 0.481. The number of benzene rings is 2. The SMILES string of the molecule is C1=CC2C3COC(C(c4ccc5c(c4)C4CC(c6ccc7c(c6)C6CCC7NC6)C5CS4)C3)C2C=C1. The van der Waals surface area contributed by atoms with E-state index in [1.165, 1.54) is 38.0 Å². The highest BCUT2D eigenvalue weighted by Gasteiger charge is 2.49. The molecule has 0 radical (unpaired) electrons. The van der Waals surface area contributed by atoms with E-state index in [0.29, 0.717) is 52.9 Å². The maximum atomic E-state index is 6.47. The zero-order chi connectivity index (χ0) is 23.4. The van der Waals surface area contributed by atoms with Crippen molar-refractivity contribution in [3.63, 3.8) is 0 Å². The Hall–Kier alpha value is -1.81. The molecule has 12 rings (SSSR count). The third-order valence-corrected chi connectivity index (χ3v) is 12.5. The minimum absolute atomic E-state index is 0.348. The summed E-state index contributed by atoms with van der Waals surface area (Å²) in [5.74, 6) is 5.84. The van der Waals surface area contributed by atoms with Crippen molar-refractivity contribution < 1.29 is 4.74 Å². The molecule has 2 aromatic carbocycles. The number of thioether (sulfide) groups is 1. The molecule has 4 saturated heterocycles. The van der Waals surface area contributed by atoms with Gasteiger partial charge in [-0.2, -0.15) is 11.8 Å². The third kappa shape index (κ3) is 2.94. The maximum Gasteiger partial charge on any atom is 0.0712 e. The maximum absolute atomic E-state index is 6.47. The lowest BCUT2D eigenvalue weighted by Crippen LogP contribution is -2.50. The topological polar surface area (TPSA) is 21.3 Å². The Labute approximate surface area is 219 Å². The van der Waals surface area contributed by atoms with Crippen LogP contribution in [0.1, 0.15) is 94.0 Å². The van der Waals surface area contributed by atoms with Gasteiger partial charge >= 0.3 is 0 Å². The Kier molecular flexibility index (Phi) is 4.61. The van der Waals surface area contributed by atoms with Crippen LogP contribution in [0, 0.1) is 17.8 Å². The average Bonchev–Trinajstić information content (AvgIpc) is 2.98. The van der Waals surface area contributed by atoms with Gasteiger partial charge in [0, 0.05) is 41.3 Å². The Bertz CT molecular complexity index is 1290. The predicted molar refractivity (Wildman–Crippen MR) is 147 cm³/mol. The van der Waals surface area contributed by atoms with E-state index >= 15 is 0 Å². The van der Waals surface area contributed by atoms with Crippen LogP contribution in [0.25, 0.3) is 0 Å². The van der Waals surface area contributed by atoms with Gasteiger partial charge in [-0.1, -0.05) is 60.7 Å². The number of piperidine rings is 1. The lowest BCUT2D eigenvalue weighted by atomic mass is 9.61. The van der Waals surface area contributed by atoms with Crippen LogP contribution in [0.4, 0.5) is 0 Å². The van der Waals surface area contributed by atoms with Gasteiger partial charge < -0.3 is 10.1 Å². The molecule has 2 aromatic rings. The lowest BCUT2D eigenvalue weighted by molar-refractivity contribution is -0.123. The molecule has 6 aliphatic heterocycles.